The Morgan fingerprint density at radius 3 is 2.81 bits per heavy atom. The average Bonchev–Trinajstić information content (AvgIpc) is 3.09. The Hall–Kier alpha value is -2.76. The number of nitrogens with one attached hydrogen (secondary N) is 3. The van der Waals surface area contributed by atoms with Crippen LogP contribution in [0.5, 0.6) is 0 Å². The van der Waals surface area contributed by atoms with Crippen LogP contribution in [0.1, 0.15) is 5.56 Å². The van der Waals surface area contributed by atoms with Crippen molar-refractivity contribution in [3.63, 3.8) is 0 Å². The molecular weight excluding hydrogens is 381 g/mol. The molecule has 27 heavy (non-hydrogen) atoms. The molecule has 0 unspecified atom stereocenters. The molecule has 0 aliphatic carbocycles. The molecule has 0 radical (unpaired) electrons. The molecule has 0 spiro atoms. The molecule has 0 bridgehead atoms. The van der Waals surface area contributed by atoms with Crippen LogP contribution in [0.2, 0.25) is 10.0 Å². The van der Waals surface area contributed by atoms with Gasteiger partial charge in [-0.25, -0.2) is 4.98 Å². The number of aromatic amines is 1. The highest BCUT2D eigenvalue weighted by Gasteiger charge is 2.07. The van der Waals surface area contributed by atoms with Gasteiger partial charge < -0.3 is 15.6 Å². The third kappa shape index (κ3) is 3.99. The molecule has 7 heteroatoms. The van der Waals surface area contributed by atoms with Gasteiger partial charge in [0.25, 0.3) is 0 Å². The number of anilines is 3. The fourth-order valence-electron chi connectivity index (χ4n) is 2.90. The van der Waals surface area contributed by atoms with E-state index in [0.717, 1.165) is 18.5 Å². The van der Waals surface area contributed by atoms with E-state index >= 15 is 0 Å². The highest BCUT2D eigenvalue weighted by Crippen LogP contribution is 2.31. The van der Waals surface area contributed by atoms with Gasteiger partial charge >= 0.3 is 0 Å². The molecule has 3 N–H and O–H groups in total. The van der Waals surface area contributed by atoms with Crippen LogP contribution in [0, 0.1) is 0 Å². The molecular formula is C20H17Cl2N5. The van der Waals surface area contributed by atoms with Crippen molar-refractivity contribution in [1.82, 2.24) is 15.0 Å². The van der Waals surface area contributed by atoms with E-state index in [0.29, 0.717) is 27.5 Å². The summed E-state index contributed by atoms with van der Waals surface area (Å²) in [7, 11) is 0. The largest absolute Gasteiger partial charge is 0.361 e. The number of nitrogens with zero attached hydrogens (tertiary/aromatic N) is 2. The van der Waals surface area contributed by atoms with E-state index in [2.05, 4.69) is 37.7 Å². The van der Waals surface area contributed by atoms with Crippen molar-refractivity contribution in [3.8, 4) is 0 Å². The van der Waals surface area contributed by atoms with Crippen LogP contribution in [0.3, 0.4) is 0 Å². The first-order valence-electron chi connectivity index (χ1n) is 8.53. The van der Waals surface area contributed by atoms with Gasteiger partial charge in [0.15, 0.2) is 0 Å². The normalized spacial score (nSPS) is 10.9. The van der Waals surface area contributed by atoms with Crippen molar-refractivity contribution >= 4 is 51.6 Å². The van der Waals surface area contributed by atoms with Gasteiger partial charge in [0.2, 0.25) is 5.95 Å². The van der Waals surface area contributed by atoms with Gasteiger partial charge in [-0.2, -0.15) is 4.98 Å². The molecule has 4 rings (SSSR count). The summed E-state index contributed by atoms with van der Waals surface area (Å²) in [5.74, 6) is 1.20. The minimum absolute atomic E-state index is 0.464. The Morgan fingerprint density at radius 2 is 1.89 bits per heavy atom. The SMILES string of the molecule is Clc1cccc(Nc2ccnc(NCCc3c[nH]c4ccccc34)n2)c1Cl. The molecule has 0 fully saturated rings. The maximum absolute atomic E-state index is 6.21. The molecule has 0 aliphatic heterocycles. The molecule has 0 amide bonds. The van der Waals surface area contributed by atoms with Crippen LogP contribution in [0.15, 0.2) is 60.9 Å². The van der Waals surface area contributed by atoms with Gasteiger partial charge in [-0.3, -0.25) is 0 Å². The minimum Gasteiger partial charge on any atom is -0.361 e. The van der Waals surface area contributed by atoms with Gasteiger partial charge in [0, 0.05) is 29.8 Å². The monoisotopic (exact) mass is 397 g/mol. The first-order valence-corrected chi connectivity index (χ1v) is 9.29. The third-order valence-corrected chi connectivity index (χ3v) is 5.04. The topological polar surface area (TPSA) is 65.6 Å². The number of aromatic nitrogens is 3. The molecule has 2 heterocycles. The molecule has 0 atom stereocenters. The van der Waals surface area contributed by atoms with Crippen molar-refractivity contribution in [2.45, 2.75) is 6.42 Å². The zero-order valence-electron chi connectivity index (χ0n) is 14.3. The molecule has 0 aliphatic rings. The van der Waals surface area contributed by atoms with Gasteiger partial charge in [0.05, 0.1) is 15.7 Å². The van der Waals surface area contributed by atoms with Crippen LogP contribution < -0.4 is 10.6 Å². The number of benzene rings is 2. The Labute approximate surface area is 166 Å². The van der Waals surface area contributed by atoms with Gasteiger partial charge in [-0.15, -0.1) is 0 Å². The predicted octanol–water partition coefficient (Wildman–Crippen LogP) is 5.66. The fourth-order valence-corrected chi connectivity index (χ4v) is 3.25. The maximum atomic E-state index is 6.21. The Balaban J connectivity index is 1.41. The molecule has 2 aromatic carbocycles. The Kier molecular flexibility index (Phi) is 5.14. The van der Waals surface area contributed by atoms with Crippen molar-refractivity contribution in [3.05, 3.63) is 76.5 Å². The summed E-state index contributed by atoms with van der Waals surface area (Å²) in [4.78, 5) is 12.0. The van der Waals surface area contributed by atoms with Crippen molar-refractivity contribution in [1.29, 1.82) is 0 Å². The Morgan fingerprint density at radius 1 is 1.00 bits per heavy atom. The van der Waals surface area contributed by atoms with Crippen LogP contribution in [-0.4, -0.2) is 21.5 Å². The van der Waals surface area contributed by atoms with E-state index in [1.165, 1.54) is 10.9 Å². The molecule has 4 aromatic rings. The summed E-state index contributed by atoms with van der Waals surface area (Å²) in [5, 5.41) is 8.63. The van der Waals surface area contributed by atoms with Crippen molar-refractivity contribution in [2.24, 2.45) is 0 Å². The lowest BCUT2D eigenvalue weighted by atomic mass is 10.1. The zero-order valence-corrected chi connectivity index (χ0v) is 15.8. The second-order valence-electron chi connectivity index (χ2n) is 6.03. The van der Waals surface area contributed by atoms with E-state index in [1.54, 1.807) is 18.3 Å². The standard InChI is InChI=1S/C20H17Cl2N5/c21-15-5-3-7-17(19(15)22)26-18-9-11-24-20(27-18)23-10-8-13-12-25-16-6-2-1-4-14(13)16/h1-7,9,11-12,25H,8,10H2,(H2,23,24,26,27). The number of para-hydroxylation sites is 1. The maximum Gasteiger partial charge on any atom is 0.224 e. The average molecular weight is 398 g/mol. The lowest BCUT2D eigenvalue weighted by Gasteiger charge is -2.10. The Bertz CT molecular complexity index is 1080. The summed E-state index contributed by atoms with van der Waals surface area (Å²) in [6, 6.07) is 15.5. The van der Waals surface area contributed by atoms with Crippen LogP contribution in [-0.2, 0) is 6.42 Å². The number of rotatable bonds is 6. The molecule has 2 aromatic heterocycles. The molecule has 136 valence electrons. The van der Waals surface area contributed by atoms with Crippen LogP contribution in [0.4, 0.5) is 17.5 Å². The first-order chi connectivity index (χ1) is 13.2. The lowest BCUT2D eigenvalue weighted by molar-refractivity contribution is 0.991. The number of hydrogen-bond donors (Lipinski definition) is 3. The van der Waals surface area contributed by atoms with Gasteiger partial charge in [-0.05, 0) is 36.2 Å². The predicted molar refractivity (Wildman–Crippen MR) is 112 cm³/mol. The summed E-state index contributed by atoms with van der Waals surface area (Å²) >= 11 is 12.3. The first kappa shape index (κ1) is 17.6. The minimum atomic E-state index is 0.464. The smallest absolute Gasteiger partial charge is 0.224 e. The van der Waals surface area contributed by atoms with E-state index < -0.39 is 0 Å². The van der Waals surface area contributed by atoms with Crippen molar-refractivity contribution < 1.29 is 0 Å². The molecule has 0 saturated heterocycles. The van der Waals surface area contributed by atoms with E-state index in [4.69, 9.17) is 23.2 Å². The summed E-state index contributed by atoms with van der Waals surface area (Å²) in [6.45, 7) is 0.725. The van der Waals surface area contributed by atoms with Crippen LogP contribution >= 0.6 is 23.2 Å². The summed E-state index contributed by atoms with van der Waals surface area (Å²) in [6.07, 6.45) is 4.61. The number of H-pyrrole nitrogens is 1. The quantitative estimate of drug-likeness (QED) is 0.392. The van der Waals surface area contributed by atoms with E-state index in [1.807, 2.05) is 30.5 Å². The second kappa shape index (κ2) is 7.86. The van der Waals surface area contributed by atoms with Gasteiger partial charge in [0.1, 0.15) is 5.82 Å². The second-order valence-corrected chi connectivity index (χ2v) is 6.81. The van der Waals surface area contributed by atoms with Gasteiger partial charge in [-0.1, -0.05) is 47.5 Å². The van der Waals surface area contributed by atoms with Crippen molar-refractivity contribution in [2.75, 3.05) is 17.2 Å². The number of hydrogen-bond acceptors (Lipinski definition) is 4. The fraction of sp³-hybridized carbons (Fsp3) is 0.100. The zero-order chi connectivity index (χ0) is 18.6. The number of halogens is 2. The van der Waals surface area contributed by atoms with E-state index in [-0.39, 0.29) is 0 Å². The third-order valence-electron chi connectivity index (χ3n) is 4.22. The summed E-state index contributed by atoms with van der Waals surface area (Å²) < 4.78 is 0. The number of fused-ring (bicyclic) bond motifs is 1. The highest BCUT2D eigenvalue weighted by atomic mass is 35.5. The highest BCUT2D eigenvalue weighted by molar-refractivity contribution is 6.43. The molecule has 5 nitrogen and oxygen atoms in total. The van der Waals surface area contributed by atoms with E-state index in [9.17, 15) is 0 Å². The van der Waals surface area contributed by atoms with Crippen LogP contribution in [0.25, 0.3) is 10.9 Å². The molecule has 0 saturated carbocycles. The summed E-state index contributed by atoms with van der Waals surface area (Å²) in [5.41, 5.74) is 3.11. The lowest BCUT2D eigenvalue weighted by Crippen LogP contribution is -2.08.